The van der Waals surface area contributed by atoms with Crippen LogP contribution in [0.5, 0.6) is 5.75 Å². The number of carbonyl (C=O) groups excluding carboxylic acids is 1. The summed E-state index contributed by atoms with van der Waals surface area (Å²) >= 11 is 0. The van der Waals surface area contributed by atoms with Crippen molar-refractivity contribution < 1.29 is 9.53 Å². The second-order valence-electron chi connectivity index (χ2n) is 7.33. The fraction of sp³-hybridized carbons (Fsp3) is 0.111. The second kappa shape index (κ2) is 9.79. The van der Waals surface area contributed by atoms with Crippen LogP contribution >= 0.6 is 0 Å². The first-order valence-electron chi connectivity index (χ1n) is 10.6. The van der Waals surface area contributed by atoms with Gasteiger partial charge in [-0.15, -0.1) is 0 Å². The Labute approximate surface area is 188 Å². The molecule has 1 heterocycles. The molecule has 5 nitrogen and oxygen atoms in total. The maximum atomic E-state index is 12.6. The number of benzene rings is 3. The van der Waals surface area contributed by atoms with Gasteiger partial charge in [0.2, 0.25) is 5.91 Å². The quantitative estimate of drug-likeness (QED) is 0.377. The third-order valence-electron chi connectivity index (χ3n) is 4.95. The van der Waals surface area contributed by atoms with Crippen molar-refractivity contribution in [3.63, 3.8) is 0 Å². The molecule has 0 aliphatic heterocycles. The zero-order valence-electron chi connectivity index (χ0n) is 18.2. The van der Waals surface area contributed by atoms with E-state index >= 15 is 0 Å². The van der Waals surface area contributed by atoms with Gasteiger partial charge in [0, 0.05) is 23.4 Å². The molecule has 1 aromatic heterocycles. The van der Waals surface area contributed by atoms with E-state index in [0.29, 0.717) is 18.0 Å². The number of para-hydroxylation sites is 3. The molecule has 0 aliphatic rings. The summed E-state index contributed by atoms with van der Waals surface area (Å²) in [4.78, 5) is 12.6. The van der Waals surface area contributed by atoms with E-state index in [1.807, 2.05) is 84.5 Å². The monoisotopic (exact) mass is 423 g/mol. The van der Waals surface area contributed by atoms with Crippen molar-refractivity contribution in [2.24, 2.45) is 0 Å². The number of hydrogen-bond donors (Lipinski definition) is 1. The Morgan fingerprint density at radius 3 is 2.47 bits per heavy atom. The number of hydrogen-bond acceptors (Lipinski definition) is 3. The molecule has 4 aromatic rings. The van der Waals surface area contributed by atoms with Gasteiger partial charge < -0.3 is 10.1 Å². The number of nitrogens with one attached hydrogen (secondary N) is 1. The molecule has 0 atom stereocenters. The van der Waals surface area contributed by atoms with E-state index in [2.05, 4.69) is 24.4 Å². The Morgan fingerprint density at radius 2 is 1.72 bits per heavy atom. The van der Waals surface area contributed by atoms with Gasteiger partial charge in [-0.05, 0) is 44.2 Å². The van der Waals surface area contributed by atoms with Gasteiger partial charge in [0.1, 0.15) is 5.75 Å². The van der Waals surface area contributed by atoms with Crippen molar-refractivity contribution in [1.82, 2.24) is 9.78 Å². The van der Waals surface area contributed by atoms with E-state index in [9.17, 15) is 4.79 Å². The minimum absolute atomic E-state index is 0.237. The molecule has 0 unspecified atom stereocenters. The van der Waals surface area contributed by atoms with Crippen LogP contribution in [0.2, 0.25) is 0 Å². The molecule has 1 N–H and O–H groups in total. The highest BCUT2D eigenvalue weighted by Gasteiger charge is 2.11. The molecule has 4 rings (SSSR count). The summed E-state index contributed by atoms with van der Waals surface area (Å²) < 4.78 is 7.42. The van der Waals surface area contributed by atoms with Gasteiger partial charge in [-0.25, -0.2) is 4.68 Å². The van der Waals surface area contributed by atoms with Gasteiger partial charge in [-0.2, -0.15) is 5.10 Å². The highest BCUT2D eigenvalue weighted by Crippen LogP contribution is 2.26. The van der Waals surface area contributed by atoms with Crippen LogP contribution in [-0.4, -0.2) is 22.3 Å². The molecule has 0 bridgehead atoms. The van der Waals surface area contributed by atoms with Crippen LogP contribution < -0.4 is 10.1 Å². The van der Waals surface area contributed by atoms with Crippen molar-refractivity contribution >= 4 is 17.7 Å². The second-order valence-corrected chi connectivity index (χ2v) is 7.33. The first kappa shape index (κ1) is 21.1. The van der Waals surface area contributed by atoms with Crippen molar-refractivity contribution in [2.75, 3.05) is 11.9 Å². The van der Waals surface area contributed by atoms with E-state index in [1.165, 1.54) is 11.6 Å². The summed E-state index contributed by atoms with van der Waals surface area (Å²) in [5.41, 5.74) is 5.43. The predicted molar refractivity (Wildman–Crippen MR) is 129 cm³/mol. The average molecular weight is 424 g/mol. The fourth-order valence-corrected chi connectivity index (χ4v) is 3.35. The SMILES string of the molecule is CCOc1ccccc1NC(=O)/C=C/c1cn(-c2ccccc2)nc1-c1ccc(C)cc1. The van der Waals surface area contributed by atoms with Crippen LogP contribution in [0, 0.1) is 6.92 Å². The Hall–Kier alpha value is -4.12. The van der Waals surface area contributed by atoms with Gasteiger partial charge >= 0.3 is 0 Å². The zero-order chi connectivity index (χ0) is 22.3. The number of ether oxygens (including phenoxy) is 1. The number of rotatable bonds is 7. The zero-order valence-corrected chi connectivity index (χ0v) is 18.2. The van der Waals surface area contributed by atoms with Gasteiger partial charge in [0.15, 0.2) is 0 Å². The molecular weight excluding hydrogens is 398 g/mol. The van der Waals surface area contributed by atoms with Crippen molar-refractivity contribution in [3.8, 4) is 22.7 Å². The smallest absolute Gasteiger partial charge is 0.248 e. The lowest BCUT2D eigenvalue weighted by molar-refractivity contribution is -0.111. The molecule has 0 aliphatic carbocycles. The Kier molecular flexibility index (Phi) is 6.46. The molecule has 1 amide bonds. The molecule has 0 saturated heterocycles. The summed E-state index contributed by atoms with van der Waals surface area (Å²) in [6, 6.07) is 25.5. The van der Waals surface area contributed by atoms with Crippen LogP contribution in [0.3, 0.4) is 0 Å². The van der Waals surface area contributed by atoms with E-state index in [1.54, 1.807) is 6.08 Å². The number of amides is 1. The third kappa shape index (κ3) is 4.95. The summed E-state index contributed by atoms with van der Waals surface area (Å²) in [6.45, 7) is 4.49. The Balaban J connectivity index is 1.63. The molecule has 0 fully saturated rings. The molecule has 3 aromatic carbocycles. The number of carbonyl (C=O) groups is 1. The first-order chi connectivity index (χ1) is 15.6. The first-order valence-corrected chi connectivity index (χ1v) is 10.6. The fourth-order valence-electron chi connectivity index (χ4n) is 3.35. The van der Waals surface area contributed by atoms with Crippen LogP contribution in [0.15, 0.2) is 91.1 Å². The molecule has 5 heteroatoms. The minimum Gasteiger partial charge on any atom is -0.492 e. The van der Waals surface area contributed by atoms with E-state index in [-0.39, 0.29) is 5.91 Å². The van der Waals surface area contributed by atoms with Crippen LogP contribution in [0.4, 0.5) is 5.69 Å². The summed E-state index contributed by atoms with van der Waals surface area (Å²) in [5.74, 6) is 0.411. The van der Waals surface area contributed by atoms with Crippen molar-refractivity contribution in [2.45, 2.75) is 13.8 Å². The number of anilines is 1. The van der Waals surface area contributed by atoms with E-state index < -0.39 is 0 Å². The topological polar surface area (TPSA) is 56.1 Å². The maximum Gasteiger partial charge on any atom is 0.248 e. The molecule has 0 spiro atoms. The minimum atomic E-state index is -0.237. The predicted octanol–water partition coefficient (Wildman–Crippen LogP) is 5.90. The molecule has 160 valence electrons. The highest BCUT2D eigenvalue weighted by atomic mass is 16.5. The normalized spacial score (nSPS) is 10.9. The number of aryl methyl sites for hydroxylation is 1. The van der Waals surface area contributed by atoms with E-state index in [4.69, 9.17) is 9.84 Å². The van der Waals surface area contributed by atoms with E-state index in [0.717, 1.165) is 22.5 Å². The van der Waals surface area contributed by atoms with Crippen LogP contribution in [0.25, 0.3) is 23.0 Å². The van der Waals surface area contributed by atoms with Crippen LogP contribution in [0.1, 0.15) is 18.1 Å². The Bertz CT molecular complexity index is 1230. The third-order valence-corrected chi connectivity index (χ3v) is 4.95. The van der Waals surface area contributed by atoms with Gasteiger partial charge in [0.05, 0.1) is 23.7 Å². The van der Waals surface area contributed by atoms with Crippen molar-refractivity contribution in [1.29, 1.82) is 0 Å². The van der Waals surface area contributed by atoms with Gasteiger partial charge in [-0.3, -0.25) is 4.79 Å². The van der Waals surface area contributed by atoms with Crippen LogP contribution in [-0.2, 0) is 4.79 Å². The average Bonchev–Trinajstić information content (AvgIpc) is 3.25. The summed E-state index contributed by atoms with van der Waals surface area (Å²) in [7, 11) is 0. The standard InChI is InChI=1S/C27H25N3O2/c1-3-32-25-12-8-7-11-24(25)28-26(31)18-17-22-19-30(23-9-5-4-6-10-23)29-27(22)21-15-13-20(2)14-16-21/h4-19H,3H2,1-2H3,(H,28,31)/b18-17+. The highest BCUT2D eigenvalue weighted by molar-refractivity contribution is 6.03. The molecule has 0 radical (unpaired) electrons. The molecular formula is C27H25N3O2. The largest absolute Gasteiger partial charge is 0.492 e. The van der Waals surface area contributed by atoms with Gasteiger partial charge in [-0.1, -0.05) is 60.2 Å². The summed E-state index contributed by atoms with van der Waals surface area (Å²) in [5, 5.41) is 7.69. The lowest BCUT2D eigenvalue weighted by atomic mass is 10.1. The lowest BCUT2D eigenvalue weighted by Crippen LogP contribution is -2.09. The maximum absolute atomic E-state index is 12.6. The lowest BCUT2D eigenvalue weighted by Gasteiger charge is -2.09. The molecule has 32 heavy (non-hydrogen) atoms. The number of aromatic nitrogens is 2. The van der Waals surface area contributed by atoms with Crippen molar-refractivity contribution in [3.05, 3.63) is 102 Å². The number of nitrogens with zero attached hydrogens (tertiary/aromatic N) is 2. The molecule has 0 saturated carbocycles. The Morgan fingerprint density at radius 1 is 1.00 bits per heavy atom. The summed E-state index contributed by atoms with van der Waals surface area (Å²) in [6.07, 6.45) is 5.25. The van der Waals surface area contributed by atoms with Gasteiger partial charge in [0.25, 0.3) is 0 Å².